The number of benzene rings is 1. The SMILES string of the molecule is O=C(CNCc1ccc2ncccc2c1)N1CCCC1. The fourth-order valence-corrected chi connectivity index (χ4v) is 2.63. The summed E-state index contributed by atoms with van der Waals surface area (Å²) < 4.78 is 0. The van der Waals surface area contributed by atoms with Crippen LogP contribution in [0.5, 0.6) is 0 Å². The van der Waals surface area contributed by atoms with Gasteiger partial charge in [-0.1, -0.05) is 12.1 Å². The summed E-state index contributed by atoms with van der Waals surface area (Å²) in [5, 5.41) is 4.37. The number of carbonyl (C=O) groups excluding carboxylic acids is 1. The van der Waals surface area contributed by atoms with E-state index in [0.717, 1.165) is 36.8 Å². The van der Waals surface area contributed by atoms with E-state index in [1.165, 1.54) is 5.56 Å². The van der Waals surface area contributed by atoms with Crippen molar-refractivity contribution in [2.75, 3.05) is 19.6 Å². The van der Waals surface area contributed by atoms with E-state index < -0.39 is 0 Å². The largest absolute Gasteiger partial charge is 0.342 e. The molecule has 20 heavy (non-hydrogen) atoms. The molecule has 0 aliphatic carbocycles. The first-order valence-electron chi connectivity index (χ1n) is 7.15. The Morgan fingerprint density at radius 1 is 1.25 bits per heavy atom. The van der Waals surface area contributed by atoms with Gasteiger partial charge in [-0.3, -0.25) is 9.78 Å². The predicted octanol–water partition coefficient (Wildman–Crippen LogP) is 1.95. The van der Waals surface area contributed by atoms with Crippen molar-refractivity contribution in [2.45, 2.75) is 19.4 Å². The lowest BCUT2D eigenvalue weighted by molar-refractivity contribution is -0.129. The average molecular weight is 269 g/mol. The standard InChI is InChI=1S/C16H19N3O/c20-16(19-8-1-2-9-19)12-17-11-13-5-6-15-14(10-13)4-3-7-18-15/h3-7,10,17H,1-2,8-9,11-12H2. The summed E-state index contributed by atoms with van der Waals surface area (Å²) in [7, 11) is 0. The van der Waals surface area contributed by atoms with Crippen LogP contribution in [-0.4, -0.2) is 35.4 Å². The fourth-order valence-electron chi connectivity index (χ4n) is 2.63. The number of carbonyl (C=O) groups is 1. The first-order chi connectivity index (χ1) is 9.83. The van der Waals surface area contributed by atoms with Gasteiger partial charge in [0.2, 0.25) is 5.91 Å². The van der Waals surface area contributed by atoms with Gasteiger partial charge in [-0.25, -0.2) is 0 Å². The number of amides is 1. The van der Waals surface area contributed by atoms with E-state index in [-0.39, 0.29) is 5.91 Å². The van der Waals surface area contributed by atoms with Gasteiger partial charge >= 0.3 is 0 Å². The molecule has 0 saturated carbocycles. The maximum atomic E-state index is 11.9. The molecule has 2 aromatic rings. The zero-order valence-corrected chi connectivity index (χ0v) is 11.5. The van der Waals surface area contributed by atoms with Gasteiger partial charge in [0.25, 0.3) is 0 Å². The van der Waals surface area contributed by atoms with Crippen LogP contribution < -0.4 is 5.32 Å². The molecule has 4 nitrogen and oxygen atoms in total. The van der Waals surface area contributed by atoms with Crippen molar-refractivity contribution >= 4 is 16.8 Å². The van der Waals surface area contributed by atoms with Crippen LogP contribution in [0, 0.1) is 0 Å². The van der Waals surface area contributed by atoms with E-state index in [1.807, 2.05) is 17.0 Å². The summed E-state index contributed by atoms with van der Waals surface area (Å²) >= 11 is 0. The first kappa shape index (κ1) is 13.1. The van der Waals surface area contributed by atoms with Gasteiger partial charge in [0, 0.05) is 31.2 Å². The molecule has 1 aromatic carbocycles. The first-order valence-corrected chi connectivity index (χ1v) is 7.15. The zero-order valence-electron chi connectivity index (χ0n) is 11.5. The molecule has 1 fully saturated rings. The number of hydrogen-bond donors (Lipinski definition) is 1. The smallest absolute Gasteiger partial charge is 0.236 e. The molecule has 4 heteroatoms. The van der Waals surface area contributed by atoms with Crippen LogP contribution in [0.2, 0.25) is 0 Å². The van der Waals surface area contributed by atoms with Crippen LogP contribution in [0.4, 0.5) is 0 Å². The third-order valence-electron chi connectivity index (χ3n) is 3.73. The molecule has 1 N–H and O–H groups in total. The van der Waals surface area contributed by atoms with Crippen LogP contribution in [0.25, 0.3) is 10.9 Å². The maximum Gasteiger partial charge on any atom is 0.236 e. The molecule has 0 spiro atoms. The topological polar surface area (TPSA) is 45.2 Å². The van der Waals surface area contributed by atoms with Crippen molar-refractivity contribution in [1.82, 2.24) is 15.2 Å². The van der Waals surface area contributed by atoms with Crippen LogP contribution >= 0.6 is 0 Å². The fraction of sp³-hybridized carbons (Fsp3) is 0.375. The van der Waals surface area contributed by atoms with Crippen molar-refractivity contribution in [1.29, 1.82) is 0 Å². The van der Waals surface area contributed by atoms with Gasteiger partial charge in [0.1, 0.15) is 0 Å². The van der Waals surface area contributed by atoms with Gasteiger partial charge in [-0.05, 0) is 36.6 Å². The molecule has 0 bridgehead atoms. The number of fused-ring (bicyclic) bond motifs is 1. The Kier molecular flexibility index (Phi) is 3.92. The number of nitrogens with zero attached hydrogens (tertiary/aromatic N) is 2. The normalized spacial score (nSPS) is 14.9. The van der Waals surface area contributed by atoms with Gasteiger partial charge < -0.3 is 10.2 Å². The van der Waals surface area contributed by atoms with Crippen molar-refractivity contribution < 1.29 is 4.79 Å². The Morgan fingerprint density at radius 3 is 2.95 bits per heavy atom. The predicted molar refractivity (Wildman–Crippen MR) is 79.3 cm³/mol. The third kappa shape index (κ3) is 2.96. The van der Waals surface area contributed by atoms with Crippen molar-refractivity contribution in [3.8, 4) is 0 Å². The van der Waals surface area contributed by atoms with E-state index in [2.05, 4.69) is 28.5 Å². The average Bonchev–Trinajstić information content (AvgIpc) is 3.01. The Hall–Kier alpha value is -1.94. The monoisotopic (exact) mass is 269 g/mol. The number of rotatable bonds is 4. The molecule has 0 radical (unpaired) electrons. The van der Waals surface area contributed by atoms with Crippen LogP contribution in [0.3, 0.4) is 0 Å². The second kappa shape index (κ2) is 6.01. The van der Waals surface area contributed by atoms with E-state index in [1.54, 1.807) is 6.20 Å². The summed E-state index contributed by atoms with van der Waals surface area (Å²) in [6, 6.07) is 10.2. The second-order valence-corrected chi connectivity index (χ2v) is 5.22. The summed E-state index contributed by atoms with van der Waals surface area (Å²) in [5.74, 6) is 0.213. The zero-order chi connectivity index (χ0) is 13.8. The number of hydrogen-bond acceptors (Lipinski definition) is 3. The molecule has 2 heterocycles. The van der Waals surface area contributed by atoms with Crippen LogP contribution in [0.1, 0.15) is 18.4 Å². The number of likely N-dealkylation sites (tertiary alicyclic amines) is 1. The van der Waals surface area contributed by atoms with Gasteiger partial charge in [-0.15, -0.1) is 0 Å². The molecule has 0 atom stereocenters. The third-order valence-corrected chi connectivity index (χ3v) is 3.73. The molecule has 1 amide bonds. The molecule has 1 aliphatic rings. The number of pyridine rings is 1. The number of aromatic nitrogens is 1. The molecule has 1 aromatic heterocycles. The molecule has 3 rings (SSSR count). The highest BCUT2D eigenvalue weighted by Gasteiger charge is 2.16. The molecule has 104 valence electrons. The Balaban J connectivity index is 1.55. The highest BCUT2D eigenvalue weighted by atomic mass is 16.2. The lowest BCUT2D eigenvalue weighted by Gasteiger charge is -2.15. The summed E-state index contributed by atoms with van der Waals surface area (Å²) in [6.07, 6.45) is 4.09. The molecular weight excluding hydrogens is 250 g/mol. The van der Waals surface area contributed by atoms with Crippen molar-refractivity contribution in [3.63, 3.8) is 0 Å². The lowest BCUT2D eigenvalue weighted by Crippen LogP contribution is -2.35. The van der Waals surface area contributed by atoms with E-state index >= 15 is 0 Å². The Bertz CT molecular complexity index is 605. The van der Waals surface area contributed by atoms with Crippen LogP contribution in [0.15, 0.2) is 36.5 Å². The summed E-state index contributed by atoms with van der Waals surface area (Å²) in [5.41, 5.74) is 2.18. The summed E-state index contributed by atoms with van der Waals surface area (Å²) in [6.45, 7) is 2.97. The second-order valence-electron chi connectivity index (χ2n) is 5.22. The van der Waals surface area contributed by atoms with E-state index in [9.17, 15) is 4.79 Å². The minimum absolute atomic E-state index is 0.213. The Morgan fingerprint density at radius 2 is 2.10 bits per heavy atom. The van der Waals surface area contributed by atoms with Gasteiger partial charge in [0.15, 0.2) is 0 Å². The quantitative estimate of drug-likeness (QED) is 0.922. The van der Waals surface area contributed by atoms with Crippen molar-refractivity contribution in [2.24, 2.45) is 0 Å². The minimum Gasteiger partial charge on any atom is -0.342 e. The highest BCUT2D eigenvalue weighted by molar-refractivity contribution is 5.79. The Labute approximate surface area is 118 Å². The lowest BCUT2D eigenvalue weighted by atomic mass is 10.1. The molecule has 1 aliphatic heterocycles. The van der Waals surface area contributed by atoms with E-state index in [4.69, 9.17) is 0 Å². The van der Waals surface area contributed by atoms with Gasteiger partial charge in [-0.2, -0.15) is 0 Å². The van der Waals surface area contributed by atoms with Crippen molar-refractivity contribution in [3.05, 3.63) is 42.1 Å². The molecule has 1 saturated heterocycles. The van der Waals surface area contributed by atoms with E-state index in [0.29, 0.717) is 13.1 Å². The maximum absolute atomic E-state index is 11.9. The van der Waals surface area contributed by atoms with Crippen LogP contribution in [-0.2, 0) is 11.3 Å². The summed E-state index contributed by atoms with van der Waals surface area (Å²) in [4.78, 5) is 18.1. The van der Waals surface area contributed by atoms with Gasteiger partial charge in [0.05, 0.1) is 12.1 Å². The minimum atomic E-state index is 0.213. The number of nitrogens with one attached hydrogen (secondary N) is 1. The molecular formula is C16H19N3O. The highest BCUT2D eigenvalue weighted by Crippen LogP contribution is 2.13. The molecule has 0 unspecified atom stereocenters.